The second-order valence-corrected chi connectivity index (χ2v) is 16.3. The Balaban J connectivity index is 1.70. The van der Waals surface area contributed by atoms with Crippen molar-refractivity contribution in [2.24, 2.45) is 0 Å². The first-order chi connectivity index (χ1) is 20.2. The number of hydrogen-bond donors (Lipinski definition) is 0. The number of alkyl halides is 2. The summed E-state index contributed by atoms with van der Waals surface area (Å²) >= 11 is -2.70. The molecule has 1 unspecified atom stereocenters. The molecule has 0 aliphatic carbocycles. The van der Waals surface area contributed by atoms with Gasteiger partial charge in [0.2, 0.25) is 0 Å². The van der Waals surface area contributed by atoms with Crippen LogP contribution in [0.4, 0.5) is 8.78 Å². The van der Waals surface area contributed by atoms with Gasteiger partial charge in [-0.25, -0.2) is 0 Å². The van der Waals surface area contributed by atoms with Crippen molar-refractivity contribution < 1.29 is 31.9 Å². The van der Waals surface area contributed by atoms with Gasteiger partial charge in [0.25, 0.3) is 0 Å². The van der Waals surface area contributed by atoms with E-state index in [0.29, 0.717) is 12.2 Å². The van der Waals surface area contributed by atoms with E-state index in [0.717, 1.165) is 23.3 Å². The molecule has 3 rings (SSSR count). The molecule has 5 nitrogen and oxygen atoms in total. The first kappa shape index (κ1) is 34.2. The van der Waals surface area contributed by atoms with E-state index in [9.17, 15) is 9.36 Å². The average molecular weight is 663 g/mol. The van der Waals surface area contributed by atoms with Gasteiger partial charge in [0.1, 0.15) is 0 Å². The van der Waals surface area contributed by atoms with Crippen molar-refractivity contribution in [2.45, 2.75) is 70.7 Å². The Morgan fingerprint density at radius 1 is 0.786 bits per heavy atom. The molecule has 0 amide bonds. The minimum absolute atomic E-state index is 0.182. The Bertz CT molecular complexity index is 1300. The average Bonchev–Trinajstić information content (AvgIpc) is 3.00. The molecule has 1 atom stereocenters. The first-order valence-corrected chi connectivity index (χ1v) is 20.0. The second-order valence-electron chi connectivity index (χ2n) is 9.97. The summed E-state index contributed by atoms with van der Waals surface area (Å²) in [6, 6.07) is 20.8. The van der Waals surface area contributed by atoms with Crippen molar-refractivity contribution >= 4 is 31.2 Å². The Labute approximate surface area is 253 Å². The summed E-state index contributed by atoms with van der Waals surface area (Å²) in [4.78, 5) is 13.5. The minimum atomic E-state index is -4.80. The van der Waals surface area contributed by atoms with Crippen LogP contribution in [0.5, 0.6) is 5.75 Å². The molecule has 0 aliphatic heterocycles. The summed E-state index contributed by atoms with van der Waals surface area (Å²) < 4.78 is 60.3. The molecule has 0 bridgehead atoms. The van der Waals surface area contributed by atoms with Gasteiger partial charge in [0.05, 0.1) is 0 Å². The molecular formula is C33H42AsF2O5P. The van der Waals surface area contributed by atoms with Gasteiger partial charge in [0, 0.05) is 0 Å². The molecule has 0 aromatic heterocycles. The van der Waals surface area contributed by atoms with Crippen LogP contribution in [0.3, 0.4) is 0 Å². The maximum atomic E-state index is 15.7. The molecule has 0 saturated heterocycles. The molecule has 0 radical (unpaired) electrons. The molecular weight excluding hydrogens is 620 g/mol. The van der Waals surface area contributed by atoms with Crippen LogP contribution in [0.1, 0.15) is 75.2 Å². The molecule has 0 spiro atoms. The first-order valence-electron chi connectivity index (χ1n) is 14.7. The third-order valence-electron chi connectivity index (χ3n) is 6.92. The number of hydrogen-bond acceptors (Lipinski definition) is 5. The Morgan fingerprint density at radius 2 is 1.33 bits per heavy atom. The summed E-state index contributed by atoms with van der Waals surface area (Å²) in [5.41, 5.74) is -0.274. The summed E-state index contributed by atoms with van der Waals surface area (Å²) in [6.07, 6.45) is 7.29. The maximum absolute atomic E-state index is 15.7. The van der Waals surface area contributed by atoms with Crippen molar-refractivity contribution in [1.29, 1.82) is 0 Å². The zero-order chi connectivity index (χ0) is 30.6. The number of carbonyl (C=O) groups is 1. The van der Waals surface area contributed by atoms with E-state index in [1.54, 1.807) is 23.9 Å². The van der Waals surface area contributed by atoms with E-state index in [4.69, 9.17) is 13.8 Å². The molecule has 3 aromatic rings. The van der Waals surface area contributed by atoms with Crippen molar-refractivity contribution in [2.75, 3.05) is 19.8 Å². The van der Waals surface area contributed by atoms with Crippen LogP contribution in [0, 0.1) is 0 Å². The number of carbonyl (C=O) groups excluding carboxylic acids is 1. The quantitative estimate of drug-likeness (QED) is 0.0773. The fraction of sp³-hybridized carbons (Fsp3) is 0.424. The summed E-state index contributed by atoms with van der Waals surface area (Å²) in [5, 5.41) is 0. The topological polar surface area (TPSA) is 61.8 Å². The van der Waals surface area contributed by atoms with Gasteiger partial charge in [0.15, 0.2) is 0 Å². The van der Waals surface area contributed by atoms with E-state index >= 15 is 8.78 Å². The van der Waals surface area contributed by atoms with Crippen LogP contribution in [-0.4, -0.2) is 39.0 Å². The molecule has 0 aliphatic rings. The standard InChI is InChI=1S/C33H42AsF2O5P/c1-5-8-9-10-11-14-25-39-29-23-21-27(22-24-29)26-17-19-28(20-18-26)32(37)34(4)31-16-13-12-15-30(31)33(35,36)42(38,40-6-2)41-7-3/h12-13,15-24H,5-11,14,25H2,1-4H3. The Morgan fingerprint density at radius 3 is 1.93 bits per heavy atom. The fourth-order valence-corrected chi connectivity index (χ4v) is 9.84. The predicted octanol–water partition coefficient (Wildman–Crippen LogP) is 9.16. The number of ether oxygens (including phenoxy) is 1. The second kappa shape index (κ2) is 16.5. The van der Waals surface area contributed by atoms with Gasteiger partial charge in [-0.15, -0.1) is 0 Å². The number of unbranched alkanes of at least 4 members (excludes halogenated alkanes) is 5. The van der Waals surface area contributed by atoms with Gasteiger partial charge in [-0.3, -0.25) is 0 Å². The molecule has 0 N–H and O–H groups in total. The zero-order valence-electron chi connectivity index (χ0n) is 25.0. The predicted molar refractivity (Wildman–Crippen MR) is 168 cm³/mol. The van der Waals surface area contributed by atoms with E-state index in [1.807, 2.05) is 36.4 Å². The fourth-order valence-electron chi connectivity index (χ4n) is 4.63. The van der Waals surface area contributed by atoms with Crippen LogP contribution in [-0.2, 0) is 19.3 Å². The summed E-state index contributed by atoms with van der Waals surface area (Å²) in [5.74, 6) is 0.827. The molecule has 0 heterocycles. The van der Waals surface area contributed by atoms with Crippen LogP contribution in [0.15, 0.2) is 72.8 Å². The summed E-state index contributed by atoms with van der Waals surface area (Å²) in [6.45, 7) is 5.50. The Kier molecular flexibility index (Phi) is 13.4. The van der Waals surface area contributed by atoms with E-state index < -0.39 is 33.5 Å². The summed E-state index contributed by atoms with van der Waals surface area (Å²) in [7, 11) is -4.80. The van der Waals surface area contributed by atoms with Crippen molar-refractivity contribution in [3.63, 3.8) is 0 Å². The number of benzene rings is 3. The van der Waals surface area contributed by atoms with Gasteiger partial charge < -0.3 is 0 Å². The van der Waals surface area contributed by atoms with Gasteiger partial charge in [-0.05, 0) is 0 Å². The zero-order valence-corrected chi connectivity index (χ0v) is 27.8. The third kappa shape index (κ3) is 8.63. The molecule has 228 valence electrons. The Hall–Kier alpha value is -2.30. The molecule has 0 fully saturated rings. The monoisotopic (exact) mass is 662 g/mol. The molecule has 42 heavy (non-hydrogen) atoms. The molecule has 3 aromatic carbocycles. The van der Waals surface area contributed by atoms with Gasteiger partial charge >= 0.3 is 215 Å². The van der Waals surface area contributed by atoms with Gasteiger partial charge in [-0.2, -0.15) is 0 Å². The van der Waals surface area contributed by atoms with Crippen LogP contribution < -0.4 is 9.09 Å². The van der Waals surface area contributed by atoms with Crippen molar-refractivity contribution in [3.05, 3.63) is 83.9 Å². The van der Waals surface area contributed by atoms with Crippen LogP contribution >= 0.6 is 7.60 Å². The van der Waals surface area contributed by atoms with E-state index in [-0.39, 0.29) is 22.1 Å². The van der Waals surface area contributed by atoms with Crippen molar-refractivity contribution in [1.82, 2.24) is 0 Å². The van der Waals surface area contributed by atoms with Crippen LogP contribution in [0.25, 0.3) is 11.1 Å². The molecule has 9 heteroatoms. The van der Waals surface area contributed by atoms with Gasteiger partial charge in [-0.1, -0.05) is 39.0 Å². The number of rotatable bonds is 18. The normalized spacial score (nSPS) is 12.7. The number of halogens is 2. The SMILES string of the molecule is CCCCCCCCOc1ccc(-c2ccc(C(=O)[As](C)c3ccccc3C(F)(F)P(=O)(OCC)OCC)cc2)cc1. The van der Waals surface area contributed by atoms with E-state index in [1.165, 1.54) is 64.2 Å². The van der Waals surface area contributed by atoms with Crippen molar-refractivity contribution in [3.8, 4) is 16.9 Å². The van der Waals surface area contributed by atoms with Crippen LogP contribution in [0.2, 0.25) is 5.71 Å². The third-order valence-corrected chi connectivity index (χ3v) is 13.2. The van der Waals surface area contributed by atoms with E-state index in [2.05, 4.69) is 6.92 Å². The molecule has 0 saturated carbocycles.